The summed E-state index contributed by atoms with van der Waals surface area (Å²) in [6.07, 6.45) is 3.68. The maximum absolute atomic E-state index is 11.0. The fraction of sp³-hybridized carbons (Fsp3) is 0.500. The van der Waals surface area contributed by atoms with Crippen LogP contribution in [-0.2, 0) is 11.2 Å². The molecule has 0 aromatic heterocycles. The van der Waals surface area contributed by atoms with E-state index in [9.17, 15) is 4.79 Å². The number of hydrogen-bond donors (Lipinski definition) is 2. The maximum Gasteiger partial charge on any atom is 0.221 e. The number of rotatable bonds is 7. The van der Waals surface area contributed by atoms with E-state index < -0.39 is 0 Å². The van der Waals surface area contributed by atoms with E-state index in [1.165, 1.54) is 0 Å². The van der Waals surface area contributed by atoms with Gasteiger partial charge in [0.2, 0.25) is 5.91 Å². The molecule has 0 heterocycles. The van der Waals surface area contributed by atoms with E-state index in [2.05, 4.69) is 19.2 Å². The molecule has 0 fully saturated rings. The first-order chi connectivity index (χ1) is 8.17. The maximum atomic E-state index is 11.0. The molecular formula is C14H22N2O. The zero-order chi connectivity index (χ0) is 12.7. The third-order valence-corrected chi connectivity index (χ3v) is 2.87. The average molecular weight is 234 g/mol. The normalized spacial score (nSPS) is 12.1. The number of nitrogens with two attached hydrogens (primary N) is 1. The van der Waals surface area contributed by atoms with E-state index in [0.717, 1.165) is 30.5 Å². The zero-order valence-corrected chi connectivity index (χ0v) is 10.7. The highest BCUT2D eigenvalue weighted by atomic mass is 16.1. The predicted octanol–water partition coefficient (Wildman–Crippen LogP) is 2.71. The van der Waals surface area contributed by atoms with Crippen molar-refractivity contribution in [3.05, 3.63) is 29.8 Å². The Labute approximate surface area is 103 Å². The lowest BCUT2D eigenvalue weighted by Crippen LogP contribution is -2.20. The van der Waals surface area contributed by atoms with Crippen LogP contribution in [0.5, 0.6) is 0 Å². The number of hydrogen-bond acceptors (Lipinski definition) is 2. The van der Waals surface area contributed by atoms with Gasteiger partial charge in [-0.25, -0.2) is 0 Å². The van der Waals surface area contributed by atoms with E-state index in [-0.39, 0.29) is 5.91 Å². The van der Waals surface area contributed by atoms with Crippen LogP contribution in [0.4, 0.5) is 5.69 Å². The minimum absolute atomic E-state index is 0.289. The van der Waals surface area contributed by atoms with Gasteiger partial charge in [-0.15, -0.1) is 0 Å². The highest BCUT2D eigenvalue weighted by Gasteiger charge is 2.09. The van der Waals surface area contributed by atoms with Crippen molar-refractivity contribution >= 4 is 11.6 Å². The number of anilines is 1. The van der Waals surface area contributed by atoms with Crippen molar-refractivity contribution < 1.29 is 4.79 Å². The lowest BCUT2D eigenvalue weighted by molar-refractivity contribution is -0.117. The molecule has 1 amide bonds. The smallest absolute Gasteiger partial charge is 0.221 e. The van der Waals surface area contributed by atoms with Crippen LogP contribution in [-0.4, -0.2) is 11.9 Å². The summed E-state index contributed by atoms with van der Waals surface area (Å²) in [6, 6.07) is 8.34. The molecule has 1 atom stereocenters. The quantitative estimate of drug-likeness (QED) is 0.762. The van der Waals surface area contributed by atoms with Crippen LogP contribution in [0.15, 0.2) is 24.3 Å². The monoisotopic (exact) mass is 234 g/mol. The van der Waals surface area contributed by atoms with E-state index in [0.29, 0.717) is 12.5 Å². The lowest BCUT2D eigenvalue weighted by Gasteiger charge is -2.19. The number of para-hydroxylation sites is 1. The summed E-state index contributed by atoms with van der Waals surface area (Å²) in [5, 5.41) is 3.50. The molecule has 3 N–H and O–H groups in total. The van der Waals surface area contributed by atoms with Gasteiger partial charge in [-0.1, -0.05) is 38.5 Å². The average Bonchev–Trinajstić information content (AvgIpc) is 2.30. The Hall–Kier alpha value is -1.51. The van der Waals surface area contributed by atoms with E-state index in [4.69, 9.17) is 5.73 Å². The molecule has 0 bridgehead atoms. The minimum atomic E-state index is -0.289. The first-order valence-corrected chi connectivity index (χ1v) is 6.30. The molecule has 0 aliphatic heterocycles. The van der Waals surface area contributed by atoms with Crippen molar-refractivity contribution in [3.63, 3.8) is 0 Å². The summed E-state index contributed by atoms with van der Waals surface area (Å²) in [5.41, 5.74) is 7.26. The van der Waals surface area contributed by atoms with Gasteiger partial charge in [-0.3, -0.25) is 4.79 Å². The predicted molar refractivity (Wildman–Crippen MR) is 72.0 cm³/mol. The van der Waals surface area contributed by atoms with Crippen LogP contribution < -0.4 is 11.1 Å². The number of carbonyl (C=O) groups is 1. The number of nitrogens with one attached hydrogen (secondary N) is 1. The third-order valence-electron chi connectivity index (χ3n) is 2.87. The summed E-state index contributed by atoms with van der Waals surface area (Å²) < 4.78 is 0. The molecule has 0 aliphatic carbocycles. The van der Waals surface area contributed by atoms with E-state index in [1.807, 2.05) is 24.3 Å². The number of primary amides is 1. The highest BCUT2D eigenvalue weighted by molar-refractivity contribution is 5.78. The molecule has 17 heavy (non-hydrogen) atoms. The molecule has 1 aromatic rings. The topological polar surface area (TPSA) is 55.1 Å². The van der Waals surface area contributed by atoms with Gasteiger partial charge in [-0.2, -0.15) is 0 Å². The Morgan fingerprint density at radius 2 is 2.06 bits per heavy atom. The number of amides is 1. The SMILES string of the molecule is CCCC(CC)Nc1ccccc1CC(N)=O. The van der Waals surface area contributed by atoms with Crippen LogP contribution in [0.2, 0.25) is 0 Å². The van der Waals surface area contributed by atoms with Crippen LogP contribution in [0.1, 0.15) is 38.7 Å². The Kier molecular flexibility index (Phi) is 5.53. The first kappa shape index (κ1) is 13.6. The fourth-order valence-corrected chi connectivity index (χ4v) is 1.95. The molecule has 94 valence electrons. The van der Waals surface area contributed by atoms with Crippen molar-refractivity contribution in [2.24, 2.45) is 5.73 Å². The Bertz CT molecular complexity index is 363. The van der Waals surface area contributed by atoms with Crippen LogP contribution >= 0.6 is 0 Å². The second kappa shape index (κ2) is 6.94. The largest absolute Gasteiger partial charge is 0.382 e. The van der Waals surface area contributed by atoms with E-state index >= 15 is 0 Å². The van der Waals surface area contributed by atoms with Gasteiger partial charge in [0.05, 0.1) is 6.42 Å². The zero-order valence-electron chi connectivity index (χ0n) is 10.7. The van der Waals surface area contributed by atoms with Crippen molar-refractivity contribution in [1.82, 2.24) is 0 Å². The van der Waals surface area contributed by atoms with Gasteiger partial charge in [0, 0.05) is 11.7 Å². The molecule has 1 unspecified atom stereocenters. The summed E-state index contributed by atoms with van der Waals surface area (Å²) in [6.45, 7) is 4.35. The summed E-state index contributed by atoms with van der Waals surface area (Å²) >= 11 is 0. The number of benzene rings is 1. The molecule has 3 nitrogen and oxygen atoms in total. The van der Waals surface area contributed by atoms with Crippen molar-refractivity contribution in [2.45, 2.75) is 45.6 Å². The lowest BCUT2D eigenvalue weighted by atomic mass is 10.1. The van der Waals surface area contributed by atoms with Crippen molar-refractivity contribution in [2.75, 3.05) is 5.32 Å². The molecule has 0 saturated heterocycles. The molecule has 0 aliphatic rings. The molecule has 1 aromatic carbocycles. The molecule has 3 heteroatoms. The second-order valence-electron chi connectivity index (χ2n) is 4.34. The van der Waals surface area contributed by atoms with Crippen LogP contribution in [0.25, 0.3) is 0 Å². The van der Waals surface area contributed by atoms with Gasteiger partial charge in [-0.05, 0) is 24.5 Å². The Morgan fingerprint density at radius 1 is 1.35 bits per heavy atom. The highest BCUT2D eigenvalue weighted by Crippen LogP contribution is 2.18. The Balaban J connectivity index is 2.77. The van der Waals surface area contributed by atoms with Crippen molar-refractivity contribution in [1.29, 1.82) is 0 Å². The van der Waals surface area contributed by atoms with Gasteiger partial charge in [0.15, 0.2) is 0 Å². The van der Waals surface area contributed by atoms with Gasteiger partial charge < -0.3 is 11.1 Å². The Morgan fingerprint density at radius 3 is 2.65 bits per heavy atom. The van der Waals surface area contributed by atoms with Crippen LogP contribution in [0, 0.1) is 0 Å². The summed E-state index contributed by atoms with van der Waals surface area (Å²) in [4.78, 5) is 11.0. The van der Waals surface area contributed by atoms with Crippen LogP contribution in [0.3, 0.4) is 0 Å². The van der Waals surface area contributed by atoms with Gasteiger partial charge >= 0.3 is 0 Å². The molecule has 0 saturated carbocycles. The molecule has 1 rings (SSSR count). The van der Waals surface area contributed by atoms with Gasteiger partial charge in [0.1, 0.15) is 0 Å². The molecular weight excluding hydrogens is 212 g/mol. The number of carbonyl (C=O) groups excluding carboxylic acids is 1. The standard InChI is InChI=1S/C14H22N2O/c1-3-7-12(4-2)16-13-9-6-5-8-11(13)10-14(15)17/h5-6,8-9,12,16H,3-4,7,10H2,1-2H3,(H2,15,17). The first-order valence-electron chi connectivity index (χ1n) is 6.30. The second-order valence-corrected chi connectivity index (χ2v) is 4.34. The molecule has 0 radical (unpaired) electrons. The minimum Gasteiger partial charge on any atom is -0.382 e. The van der Waals surface area contributed by atoms with E-state index in [1.54, 1.807) is 0 Å². The van der Waals surface area contributed by atoms with Gasteiger partial charge in [0.25, 0.3) is 0 Å². The van der Waals surface area contributed by atoms with Crippen molar-refractivity contribution in [3.8, 4) is 0 Å². The molecule has 0 spiro atoms. The summed E-state index contributed by atoms with van der Waals surface area (Å²) in [7, 11) is 0. The fourth-order valence-electron chi connectivity index (χ4n) is 1.95. The third kappa shape index (κ3) is 4.47. The summed E-state index contributed by atoms with van der Waals surface area (Å²) in [5.74, 6) is -0.289.